The molecule has 0 fully saturated rings. The number of nitrogens with zero attached hydrogens (tertiary/aromatic N) is 3. The zero-order chi connectivity index (χ0) is 27.0. The van der Waals surface area contributed by atoms with Crippen molar-refractivity contribution in [3.8, 4) is 5.75 Å². The molecule has 0 radical (unpaired) electrons. The molecule has 4 rings (SSSR count). The van der Waals surface area contributed by atoms with Gasteiger partial charge in [-0.05, 0) is 39.0 Å². The van der Waals surface area contributed by atoms with E-state index in [9.17, 15) is 9.59 Å². The SMILES string of the molecule is COc1ccccc1C1SCC(=O)N(CC(=O)NCc2ccco2)c2c1c(C(C)(C)C)nn2C(C)(C)C. The second-order valence-electron chi connectivity index (χ2n) is 11.2. The first-order valence-corrected chi connectivity index (χ1v) is 13.4. The topological polar surface area (TPSA) is 89.6 Å². The van der Waals surface area contributed by atoms with Crippen LogP contribution in [0.5, 0.6) is 5.75 Å². The Hall–Kier alpha value is -3.20. The number of furan rings is 1. The lowest BCUT2D eigenvalue weighted by Crippen LogP contribution is -2.43. The Morgan fingerprint density at radius 2 is 1.89 bits per heavy atom. The summed E-state index contributed by atoms with van der Waals surface area (Å²) in [6.07, 6.45) is 1.57. The largest absolute Gasteiger partial charge is 0.496 e. The van der Waals surface area contributed by atoms with Crippen LogP contribution in [0.2, 0.25) is 0 Å². The zero-order valence-corrected chi connectivity index (χ0v) is 23.4. The second-order valence-corrected chi connectivity index (χ2v) is 12.3. The van der Waals surface area contributed by atoms with Gasteiger partial charge in [-0.3, -0.25) is 14.5 Å². The molecule has 3 heterocycles. The van der Waals surface area contributed by atoms with Crippen molar-refractivity contribution in [2.45, 2.75) is 64.3 Å². The second kappa shape index (κ2) is 10.3. The summed E-state index contributed by atoms with van der Waals surface area (Å²) in [4.78, 5) is 28.3. The summed E-state index contributed by atoms with van der Waals surface area (Å²) >= 11 is 1.54. The molecule has 1 atom stereocenters. The molecule has 2 aromatic heterocycles. The van der Waals surface area contributed by atoms with Crippen LogP contribution in [0, 0.1) is 0 Å². The Morgan fingerprint density at radius 1 is 1.16 bits per heavy atom. The van der Waals surface area contributed by atoms with Gasteiger partial charge in [0.2, 0.25) is 11.8 Å². The Bertz CT molecular complexity index is 1270. The average Bonchev–Trinajstić information content (AvgIpc) is 3.47. The highest BCUT2D eigenvalue weighted by Crippen LogP contribution is 2.50. The van der Waals surface area contributed by atoms with Crippen LogP contribution < -0.4 is 15.0 Å². The molecule has 1 aromatic carbocycles. The maximum atomic E-state index is 13.6. The molecule has 3 aromatic rings. The predicted octanol–water partition coefficient (Wildman–Crippen LogP) is 5.02. The standard InChI is InChI=1S/C28H36N4O4S/c1-27(2,3)25-23-24(19-12-8-9-13-20(19)35-7)37-17-22(34)31(26(23)32(30-25)28(4,5)6)16-21(33)29-15-18-11-10-14-36-18/h8-14,24H,15-17H2,1-7H3,(H,29,33). The van der Waals surface area contributed by atoms with Gasteiger partial charge in [-0.2, -0.15) is 5.10 Å². The number of rotatable bonds is 6. The zero-order valence-electron chi connectivity index (χ0n) is 22.6. The van der Waals surface area contributed by atoms with Gasteiger partial charge in [0.05, 0.1) is 42.2 Å². The van der Waals surface area contributed by atoms with Gasteiger partial charge < -0.3 is 14.5 Å². The summed E-state index contributed by atoms with van der Waals surface area (Å²) in [5.74, 6) is 1.88. The number of amides is 2. The molecular weight excluding hydrogens is 488 g/mol. The van der Waals surface area contributed by atoms with Crippen molar-refractivity contribution in [2.75, 3.05) is 24.3 Å². The minimum absolute atomic E-state index is 0.114. The molecule has 1 aliphatic heterocycles. The number of ether oxygens (including phenoxy) is 1. The van der Waals surface area contributed by atoms with Gasteiger partial charge in [0.1, 0.15) is 23.9 Å². The fraction of sp³-hybridized carbons (Fsp3) is 0.464. The fourth-order valence-corrected chi connectivity index (χ4v) is 5.69. The first kappa shape index (κ1) is 26.9. The summed E-state index contributed by atoms with van der Waals surface area (Å²) < 4.78 is 13.0. The summed E-state index contributed by atoms with van der Waals surface area (Å²) in [7, 11) is 1.66. The van der Waals surface area contributed by atoms with Gasteiger partial charge in [0, 0.05) is 16.5 Å². The van der Waals surface area contributed by atoms with Crippen LogP contribution in [-0.2, 0) is 27.1 Å². The molecule has 0 saturated heterocycles. The number of methoxy groups -OCH3 is 1. The summed E-state index contributed by atoms with van der Waals surface area (Å²) in [5.41, 5.74) is 2.09. The number of fused-ring (bicyclic) bond motifs is 1. The monoisotopic (exact) mass is 524 g/mol. The lowest BCUT2D eigenvalue weighted by atomic mass is 9.87. The van der Waals surface area contributed by atoms with Crippen LogP contribution in [0.1, 0.15) is 69.4 Å². The maximum Gasteiger partial charge on any atom is 0.240 e. The molecule has 1 N–H and O–H groups in total. The van der Waals surface area contributed by atoms with Gasteiger partial charge in [0.15, 0.2) is 0 Å². The summed E-state index contributed by atoms with van der Waals surface area (Å²) in [6, 6.07) is 11.5. The minimum atomic E-state index is -0.433. The highest BCUT2D eigenvalue weighted by molar-refractivity contribution is 8.00. The number of carbonyl (C=O) groups is 2. The number of hydrogen-bond donors (Lipinski definition) is 1. The van der Waals surface area contributed by atoms with Crippen molar-refractivity contribution in [3.05, 3.63) is 65.2 Å². The van der Waals surface area contributed by atoms with Crippen molar-refractivity contribution < 1.29 is 18.7 Å². The van der Waals surface area contributed by atoms with Gasteiger partial charge >= 0.3 is 0 Å². The fourth-order valence-electron chi connectivity index (χ4n) is 4.47. The molecule has 0 spiro atoms. The number of carbonyl (C=O) groups excluding carboxylic acids is 2. The molecule has 0 aliphatic carbocycles. The minimum Gasteiger partial charge on any atom is -0.496 e. The first-order chi connectivity index (χ1) is 17.4. The molecule has 9 heteroatoms. The van der Waals surface area contributed by atoms with E-state index >= 15 is 0 Å². The number of anilines is 1. The third kappa shape index (κ3) is 5.56. The van der Waals surface area contributed by atoms with E-state index in [2.05, 4.69) is 46.9 Å². The summed E-state index contributed by atoms with van der Waals surface area (Å²) in [5, 5.41) is 7.79. The molecule has 0 bridgehead atoms. The predicted molar refractivity (Wildman–Crippen MR) is 146 cm³/mol. The van der Waals surface area contributed by atoms with Crippen LogP contribution in [0.25, 0.3) is 0 Å². The number of thioether (sulfide) groups is 1. The highest BCUT2D eigenvalue weighted by atomic mass is 32.2. The third-order valence-electron chi connectivity index (χ3n) is 6.20. The number of nitrogens with one attached hydrogen (secondary N) is 1. The molecule has 0 saturated carbocycles. The first-order valence-electron chi connectivity index (χ1n) is 12.4. The molecule has 1 aliphatic rings. The Labute approximate surface area is 222 Å². The molecular formula is C28H36N4O4S. The van der Waals surface area contributed by atoms with E-state index in [1.54, 1.807) is 42.2 Å². The Kier molecular flexibility index (Phi) is 7.46. The van der Waals surface area contributed by atoms with Crippen molar-refractivity contribution >= 4 is 29.4 Å². The van der Waals surface area contributed by atoms with E-state index in [1.807, 2.05) is 28.9 Å². The van der Waals surface area contributed by atoms with Crippen LogP contribution in [-0.4, -0.2) is 41.0 Å². The number of para-hydroxylation sites is 1. The lowest BCUT2D eigenvalue weighted by molar-refractivity contribution is -0.123. The number of aromatic nitrogens is 2. The summed E-state index contributed by atoms with van der Waals surface area (Å²) in [6.45, 7) is 12.7. The lowest BCUT2D eigenvalue weighted by Gasteiger charge is -2.29. The van der Waals surface area contributed by atoms with Crippen molar-refractivity contribution in [2.24, 2.45) is 0 Å². The number of hydrogen-bond acceptors (Lipinski definition) is 6. The van der Waals surface area contributed by atoms with Gasteiger partial charge in [-0.25, -0.2) is 4.68 Å². The van der Waals surface area contributed by atoms with Crippen molar-refractivity contribution in [1.29, 1.82) is 0 Å². The van der Waals surface area contributed by atoms with Gasteiger partial charge in [-0.1, -0.05) is 39.0 Å². The van der Waals surface area contributed by atoms with Gasteiger partial charge in [-0.15, -0.1) is 11.8 Å². The van der Waals surface area contributed by atoms with Crippen LogP contribution >= 0.6 is 11.8 Å². The average molecular weight is 525 g/mol. The Morgan fingerprint density at radius 3 is 2.51 bits per heavy atom. The van der Waals surface area contributed by atoms with E-state index in [4.69, 9.17) is 14.3 Å². The molecule has 37 heavy (non-hydrogen) atoms. The van der Waals surface area contributed by atoms with E-state index in [0.717, 1.165) is 22.6 Å². The molecule has 8 nitrogen and oxygen atoms in total. The quantitative estimate of drug-likeness (QED) is 0.487. The van der Waals surface area contributed by atoms with E-state index in [0.29, 0.717) is 11.6 Å². The maximum absolute atomic E-state index is 13.6. The molecule has 198 valence electrons. The van der Waals surface area contributed by atoms with Crippen LogP contribution in [0.3, 0.4) is 0 Å². The third-order valence-corrected chi connectivity index (χ3v) is 7.43. The Balaban J connectivity index is 1.87. The van der Waals surface area contributed by atoms with Crippen molar-refractivity contribution in [1.82, 2.24) is 15.1 Å². The molecule has 2 amide bonds. The normalized spacial score (nSPS) is 16.4. The highest BCUT2D eigenvalue weighted by Gasteiger charge is 2.42. The van der Waals surface area contributed by atoms with Crippen LogP contribution in [0.4, 0.5) is 5.82 Å². The van der Waals surface area contributed by atoms with Crippen molar-refractivity contribution in [3.63, 3.8) is 0 Å². The number of benzene rings is 1. The van der Waals surface area contributed by atoms with E-state index in [-0.39, 0.29) is 41.3 Å². The van der Waals surface area contributed by atoms with Gasteiger partial charge in [0.25, 0.3) is 0 Å². The van der Waals surface area contributed by atoms with E-state index in [1.165, 1.54) is 0 Å². The smallest absolute Gasteiger partial charge is 0.240 e. The van der Waals surface area contributed by atoms with E-state index < -0.39 is 5.54 Å². The molecule has 1 unspecified atom stereocenters. The van der Waals surface area contributed by atoms with Crippen LogP contribution in [0.15, 0.2) is 47.1 Å².